The van der Waals surface area contributed by atoms with Gasteiger partial charge in [0.15, 0.2) is 0 Å². The van der Waals surface area contributed by atoms with Crippen molar-refractivity contribution in [2.45, 2.75) is 70.6 Å². The van der Waals surface area contributed by atoms with Crippen molar-refractivity contribution in [3.63, 3.8) is 0 Å². The van der Waals surface area contributed by atoms with Gasteiger partial charge in [0.25, 0.3) is 0 Å². The van der Waals surface area contributed by atoms with Crippen molar-refractivity contribution in [1.29, 1.82) is 0 Å². The molecule has 3 nitrogen and oxygen atoms in total. The van der Waals surface area contributed by atoms with Gasteiger partial charge in [0.2, 0.25) is 0 Å². The van der Waals surface area contributed by atoms with Gasteiger partial charge in [-0.15, -0.1) is 5.92 Å². The van der Waals surface area contributed by atoms with Crippen molar-refractivity contribution < 1.29 is 45.6 Å². The maximum Gasteiger partial charge on any atom is 1.00 e. The predicted molar refractivity (Wildman–Crippen MR) is 104 cm³/mol. The molecule has 3 rings (SSSR count). The van der Waals surface area contributed by atoms with Gasteiger partial charge in [-0.05, 0) is 68.1 Å². The number of ether oxygens (including phenoxy) is 1. The van der Waals surface area contributed by atoms with Crippen LogP contribution >= 0.6 is 0 Å². The molecule has 0 radical (unpaired) electrons. The molecule has 0 heterocycles. The van der Waals surface area contributed by atoms with Gasteiger partial charge in [-0.2, -0.15) is 0 Å². The Labute approximate surface area is 187 Å². The quantitative estimate of drug-likeness (QED) is 0.611. The van der Waals surface area contributed by atoms with E-state index in [0.29, 0.717) is 11.3 Å². The first-order valence-electron chi connectivity index (χ1n) is 9.97. The van der Waals surface area contributed by atoms with Crippen LogP contribution in [-0.2, 0) is 4.79 Å². The molecular weight excluding hydrogens is 347 g/mol. The standard InChI is InChI=1S/C23H30O3.Na.H/c1-2-6-20(15-22(24)25)19-7-9-21(10-8-19)26-17-18-11-14-23(16-18)12-4-3-5-13-23;;/h7-10,18,20H,3-5,11-17H2,1H3,(H,24,25);;/q;+1;-1/t18?,20-;;/m0../s1. The molecule has 0 saturated heterocycles. The van der Waals surface area contributed by atoms with Crippen LogP contribution in [0.25, 0.3) is 0 Å². The average Bonchev–Trinajstić information content (AvgIpc) is 3.03. The summed E-state index contributed by atoms with van der Waals surface area (Å²) in [6.45, 7) is 2.54. The second-order valence-electron chi connectivity index (χ2n) is 8.09. The molecule has 1 N–H and O–H groups in total. The zero-order chi connectivity index (χ0) is 18.4. The Morgan fingerprint density at radius 1 is 1.26 bits per heavy atom. The smallest absolute Gasteiger partial charge is 1.00 e. The van der Waals surface area contributed by atoms with Crippen molar-refractivity contribution in [2.75, 3.05) is 6.61 Å². The SMILES string of the molecule is CC#C[C@@H](CC(=O)O)c1ccc(OCC2CCC3(CCCCC3)C2)cc1.[H-].[Na+]. The zero-order valence-electron chi connectivity index (χ0n) is 17.8. The van der Waals surface area contributed by atoms with Crippen LogP contribution in [0.2, 0.25) is 0 Å². The van der Waals surface area contributed by atoms with E-state index in [0.717, 1.165) is 17.9 Å². The molecular formula is C23H31NaO3. The van der Waals surface area contributed by atoms with Crippen molar-refractivity contribution >= 4 is 5.97 Å². The van der Waals surface area contributed by atoms with E-state index in [-0.39, 0.29) is 43.3 Å². The van der Waals surface area contributed by atoms with E-state index in [1.807, 2.05) is 24.3 Å². The maximum atomic E-state index is 11.0. The number of carbonyl (C=O) groups is 1. The fourth-order valence-electron chi connectivity index (χ4n) is 4.84. The van der Waals surface area contributed by atoms with Crippen molar-refractivity contribution in [3.05, 3.63) is 29.8 Å². The van der Waals surface area contributed by atoms with Gasteiger partial charge < -0.3 is 11.3 Å². The molecule has 0 aliphatic heterocycles. The molecule has 1 unspecified atom stereocenters. The molecule has 142 valence electrons. The van der Waals surface area contributed by atoms with Crippen molar-refractivity contribution in [2.24, 2.45) is 11.3 Å². The Kier molecular flexibility index (Phi) is 8.73. The van der Waals surface area contributed by atoms with Crippen LogP contribution in [0.5, 0.6) is 5.75 Å². The van der Waals surface area contributed by atoms with Crippen molar-refractivity contribution in [1.82, 2.24) is 0 Å². The first-order chi connectivity index (χ1) is 12.6. The molecule has 1 aromatic rings. The second-order valence-corrected chi connectivity index (χ2v) is 8.09. The fourth-order valence-corrected chi connectivity index (χ4v) is 4.84. The molecule has 2 aliphatic carbocycles. The number of hydrogen-bond acceptors (Lipinski definition) is 2. The van der Waals surface area contributed by atoms with Gasteiger partial charge in [0, 0.05) is 0 Å². The second kappa shape index (κ2) is 10.6. The summed E-state index contributed by atoms with van der Waals surface area (Å²) in [5.74, 6) is 6.29. The Hall–Kier alpha value is -0.950. The first-order valence-corrected chi connectivity index (χ1v) is 9.97. The summed E-state index contributed by atoms with van der Waals surface area (Å²) in [5.41, 5.74) is 1.56. The van der Waals surface area contributed by atoms with Gasteiger partial charge >= 0.3 is 35.5 Å². The molecule has 2 aliphatic rings. The van der Waals surface area contributed by atoms with Gasteiger partial charge in [-0.3, -0.25) is 4.79 Å². The fraction of sp³-hybridized carbons (Fsp3) is 0.609. The van der Waals surface area contributed by atoms with Crippen LogP contribution in [0.4, 0.5) is 0 Å². The van der Waals surface area contributed by atoms with E-state index in [1.165, 1.54) is 51.4 Å². The number of carboxylic acid groups (broad SMARTS) is 1. The summed E-state index contributed by atoms with van der Waals surface area (Å²) in [7, 11) is 0. The normalized spacial score (nSPS) is 21.6. The molecule has 0 aromatic heterocycles. The van der Waals surface area contributed by atoms with E-state index < -0.39 is 5.97 Å². The molecule has 0 bridgehead atoms. The van der Waals surface area contributed by atoms with Gasteiger partial charge in [0.05, 0.1) is 18.9 Å². The molecule has 1 aromatic carbocycles. The summed E-state index contributed by atoms with van der Waals surface area (Å²) < 4.78 is 6.05. The summed E-state index contributed by atoms with van der Waals surface area (Å²) in [5, 5.41) is 9.04. The average molecular weight is 378 g/mol. The molecule has 2 saturated carbocycles. The monoisotopic (exact) mass is 378 g/mol. The van der Waals surface area contributed by atoms with Crippen LogP contribution in [0.15, 0.2) is 24.3 Å². The maximum absolute atomic E-state index is 11.0. The van der Waals surface area contributed by atoms with E-state index in [4.69, 9.17) is 9.84 Å². The van der Waals surface area contributed by atoms with Crippen LogP contribution < -0.4 is 34.3 Å². The number of hydrogen-bond donors (Lipinski definition) is 1. The molecule has 2 fully saturated rings. The summed E-state index contributed by atoms with van der Waals surface area (Å²) >= 11 is 0. The minimum absolute atomic E-state index is 0. The topological polar surface area (TPSA) is 46.5 Å². The number of aliphatic carboxylic acids is 1. The van der Waals surface area contributed by atoms with Crippen LogP contribution in [-0.4, -0.2) is 17.7 Å². The first kappa shape index (κ1) is 22.3. The molecule has 27 heavy (non-hydrogen) atoms. The zero-order valence-corrected chi connectivity index (χ0v) is 18.8. The Morgan fingerprint density at radius 2 is 1.96 bits per heavy atom. The third kappa shape index (κ3) is 6.28. The van der Waals surface area contributed by atoms with Gasteiger partial charge in [-0.1, -0.05) is 37.3 Å². The summed E-state index contributed by atoms with van der Waals surface area (Å²) in [4.78, 5) is 11.0. The third-order valence-electron chi connectivity index (χ3n) is 6.18. The predicted octanol–water partition coefficient (Wildman–Crippen LogP) is 2.51. The van der Waals surface area contributed by atoms with E-state index in [9.17, 15) is 4.79 Å². The number of rotatable bonds is 6. The van der Waals surface area contributed by atoms with Crippen LogP contribution in [0.1, 0.15) is 77.6 Å². The minimum atomic E-state index is -0.823. The Balaban J connectivity index is 0.00000196. The molecule has 0 amide bonds. The van der Waals surface area contributed by atoms with Crippen molar-refractivity contribution in [3.8, 4) is 17.6 Å². The van der Waals surface area contributed by atoms with Gasteiger partial charge in [0.1, 0.15) is 5.75 Å². The van der Waals surface area contributed by atoms with E-state index in [1.54, 1.807) is 6.92 Å². The number of carboxylic acids is 1. The Bertz CT molecular complexity index is 671. The number of benzene rings is 1. The molecule has 4 heteroatoms. The van der Waals surface area contributed by atoms with E-state index in [2.05, 4.69) is 11.8 Å². The van der Waals surface area contributed by atoms with E-state index >= 15 is 0 Å². The molecule has 2 atom stereocenters. The summed E-state index contributed by atoms with van der Waals surface area (Å²) in [6.07, 6.45) is 11.1. The molecule has 1 spiro atoms. The Morgan fingerprint density at radius 3 is 2.59 bits per heavy atom. The third-order valence-corrected chi connectivity index (χ3v) is 6.18. The van der Waals surface area contributed by atoms with Gasteiger partial charge in [-0.25, -0.2) is 0 Å². The summed E-state index contributed by atoms with van der Waals surface area (Å²) in [6, 6.07) is 7.80. The van der Waals surface area contributed by atoms with Crippen LogP contribution in [0, 0.1) is 23.2 Å². The van der Waals surface area contributed by atoms with Crippen LogP contribution in [0.3, 0.4) is 0 Å². The largest absolute Gasteiger partial charge is 1.00 e. The minimum Gasteiger partial charge on any atom is -1.00 e.